The number of carbonyl (C=O) groups excluding carboxylic acids is 1. The number of amides is 1. The van der Waals surface area contributed by atoms with Gasteiger partial charge in [-0.15, -0.1) is 11.8 Å². The van der Waals surface area contributed by atoms with Gasteiger partial charge in [-0.25, -0.2) is 0 Å². The second kappa shape index (κ2) is 7.25. The molecule has 2 heteroatoms. The van der Waals surface area contributed by atoms with Crippen LogP contribution >= 0.6 is 0 Å². The molecule has 0 bridgehead atoms. The van der Waals surface area contributed by atoms with E-state index in [1.54, 1.807) is 6.92 Å². The predicted molar refractivity (Wildman–Crippen MR) is 79.3 cm³/mol. The third-order valence-electron chi connectivity index (χ3n) is 3.67. The van der Waals surface area contributed by atoms with Gasteiger partial charge in [0.1, 0.15) is 5.41 Å². The van der Waals surface area contributed by atoms with E-state index in [4.69, 9.17) is 0 Å². The Morgan fingerprint density at radius 2 is 1.79 bits per heavy atom. The van der Waals surface area contributed by atoms with Gasteiger partial charge in [0.25, 0.3) is 0 Å². The molecule has 1 fully saturated rings. The second-order valence-corrected chi connectivity index (χ2v) is 5.65. The van der Waals surface area contributed by atoms with E-state index in [1.807, 2.05) is 25.7 Å². The second-order valence-electron chi connectivity index (χ2n) is 5.65. The van der Waals surface area contributed by atoms with Gasteiger partial charge in [-0.05, 0) is 40.5 Å². The van der Waals surface area contributed by atoms with Crippen molar-refractivity contribution in [2.24, 2.45) is 5.41 Å². The van der Waals surface area contributed by atoms with E-state index in [1.165, 1.54) is 19.3 Å². The largest absolute Gasteiger partial charge is 0.327 e. The molecule has 0 aromatic carbocycles. The van der Waals surface area contributed by atoms with Crippen molar-refractivity contribution >= 4 is 5.91 Å². The van der Waals surface area contributed by atoms with Gasteiger partial charge in [0.05, 0.1) is 6.54 Å². The SMILES string of the molecule is CC#CCN(C(=O)C(C)(C)C#CC)C1CCCCC1. The Morgan fingerprint density at radius 3 is 2.32 bits per heavy atom. The summed E-state index contributed by atoms with van der Waals surface area (Å²) >= 11 is 0. The van der Waals surface area contributed by atoms with E-state index in [9.17, 15) is 4.79 Å². The first kappa shape index (κ1) is 15.6. The third-order valence-corrected chi connectivity index (χ3v) is 3.67. The lowest BCUT2D eigenvalue weighted by molar-refractivity contribution is -0.139. The molecule has 0 radical (unpaired) electrons. The first-order valence-electron chi connectivity index (χ1n) is 7.17. The standard InChI is InChI=1S/C17H25NO/c1-5-7-14-18(15-11-9-8-10-12-15)16(19)17(3,4)13-6-2/h15H,8-12,14H2,1-4H3. The molecule has 1 rings (SSSR count). The predicted octanol–water partition coefficient (Wildman–Crippen LogP) is 3.22. The highest BCUT2D eigenvalue weighted by Crippen LogP contribution is 2.26. The van der Waals surface area contributed by atoms with E-state index >= 15 is 0 Å². The Bertz CT molecular complexity index is 422. The summed E-state index contributed by atoms with van der Waals surface area (Å²) in [5.74, 6) is 12.0. The van der Waals surface area contributed by atoms with Gasteiger partial charge >= 0.3 is 0 Å². The first-order chi connectivity index (χ1) is 9.03. The Hall–Kier alpha value is -1.41. The van der Waals surface area contributed by atoms with Crippen LogP contribution in [0.4, 0.5) is 0 Å². The monoisotopic (exact) mass is 259 g/mol. The number of hydrogen-bond donors (Lipinski definition) is 0. The van der Waals surface area contributed by atoms with Crippen molar-refractivity contribution in [1.29, 1.82) is 0 Å². The highest BCUT2D eigenvalue weighted by molar-refractivity contribution is 5.85. The molecule has 1 aliphatic rings. The normalized spacial score (nSPS) is 15.8. The van der Waals surface area contributed by atoms with Crippen LogP contribution in [-0.4, -0.2) is 23.4 Å². The molecule has 0 N–H and O–H groups in total. The lowest BCUT2D eigenvalue weighted by atomic mass is 9.88. The number of rotatable bonds is 3. The molecule has 0 saturated heterocycles. The van der Waals surface area contributed by atoms with Gasteiger partial charge in [-0.3, -0.25) is 4.79 Å². The summed E-state index contributed by atoms with van der Waals surface area (Å²) in [5.41, 5.74) is -0.610. The summed E-state index contributed by atoms with van der Waals surface area (Å²) in [7, 11) is 0. The van der Waals surface area contributed by atoms with Gasteiger partial charge in [0.2, 0.25) is 5.91 Å². The maximum Gasteiger partial charge on any atom is 0.241 e. The topological polar surface area (TPSA) is 20.3 Å². The van der Waals surface area contributed by atoms with Gasteiger partial charge in [0, 0.05) is 6.04 Å². The van der Waals surface area contributed by atoms with Crippen LogP contribution in [0.1, 0.15) is 59.8 Å². The van der Waals surface area contributed by atoms with E-state index in [2.05, 4.69) is 23.7 Å². The highest BCUT2D eigenvalue weighted by Gasteiger charge is 2.34. The fourth-order valence-electron chi connectivity index (χ4n) is 2.65. The van der Waals surface area contributed by atoms with Crippen LogP contribution < -0.4 is 0 Å². The molecule has 1 saturated carbocycles. The van der Waals surface area contributed by atoms with Crippen molar-refractivity contribution in [2.45, 2.75) is 65.8 Å². The molecule has 2 nitrogen and oxygen atoms in total. The van der Waals surface area contributed by atoms with Crippen LogP contribution in [0.15, 0.2) is 0 Å². The average molecular weight is 259 g/mol. The molecule has 0 aliphatic heterocycles. The summed E-state index contributed by atoms with van der Waals surface area (Å²) in [6.45, 7) is 7.95. The molecule has 19 heavy (non-hydrogen) atoms. The molecule has 0 atom stereocenters. The molecule has 0 unspecified atom stereocenters. The van der Waals surface area contributed by atoms with E-state index < -0.39 is 5.41 Å². The van der Waals surface area contributed by atoms with Crippen molar-refractivity contribution in [3.8, 4) is 23.7 Å². The Morgan fingerprint density at radius 1 is 1.16 bits per heavy atom. The molecule has 1 aliphatic carbocycles. The molecular formula is C17H25NO. The first-order valence-corrected chi connectivity index (χ1v) is 7.17. The summed E-state index contributed by atoms with van der Waals surface area (Å²) in [6, 6.07) is 0.347. The van der Waals surface area contributed by atoms with E-state index in [0.717, 1.165) is 12.8 Å². The average Bonchev–Trinajstić information content (AvgIpc) is 2.40. The molecule has 1 amide bonds. The lowest BCUT2D eigenvalue weighted by Gasteiger charge is -2.36. The van der Waals surface area contributed by atoms with Crippen molar-refractivity contribution in [3.05, 3.63) is 0 Å². The maximum atomic E-state index is 12.7. The van der Waals surface area contributed by atoms with E-state index in [0.29, 0.717) is 12.6 Å². The molecule has 0 aromatic rings. The molecule has 0 heterocycles. The molecular weight excluding hydrogens is 234 g/mol. The summed E-state index contributed by atoms with van der Waals surface area (Å²) in [4.78, 5) is 14.7. The number of nitrogens with zero attached hydrogens (tertiary/aromatic N) is 1. The van der Waals surface area contributed by atoms with Crippen LogP contribution in [0.25, 0.3) is 0 Å². The van der Waals surface area contributed by atoms with Gasteiger partial charge in [0.15, 0.2) is 0 Å². The highest BCUT2D eigenvalue weighted by atomic mass is 16.2. The van der Waals surface area contributed by atoms with Gasteiger partial charge < -0.3 is 4.90 Å². The Labute approximate surface area is 117 Å². The zero-order valence-corrected chi connectivity index (χ0v) is 12.7. The van der Waals surface area contributed by atoms with Crippen LogP contribution in [0, 0.1) is 29.1 Å². The quantitative estimate of drug-likeness (QED) is 0.713. The van der Waals surface area contributed by atoms with Gasteiger partial charge in [-0.1, -0.05) is 31.1 Å². The minimum absolute atomic E-state index is 0.122. The Balaban J connectivity index is 2.90. The van der Waals surface area contributed by atoms with Crippen LogP contribution in [0.5, 0.6) is 0 Å². The summed E-state index contributed by atoms with van der Waals surface area (Å²) in [6.07, 6.45) is 5.93. The van der Waals surface area contributed by atoms with Crippen LogP contribution in [0.3, 0.4) is 0 Å². The van der Waals surface area contributed by atoms with Gasteiger partial charge in [-0.2, -0.15) is 0 Å². The molecule has 0 spiro atoms. The zero-order chi connectivity index (χ0) is 14.3. The lowest BCUT2D eigenvalue weighted by Crippen LogP contribution is -2.47. The van der Waals surface area contributed by atoms with Crippen LogP contribution in [0.2, 0.25) is 0 Å². The number of hydrogen-bond acceptors (Lipinski definition) is 1. The van der Waals surface area contributed by atoms with Crippen molar-refractivity contribution in [1.82, 2.24) is 4.90 Å². The summed E-state index contributed by atoms with van der Waals surface area (Å²) < 4.78 is 0. The third kappa shape index (κ3) is 4.32. The number of carbonyl (C=O) groups is 1. The van der Waals surface area contributed by atoms with Crippen molar-refractivity contribution in [3.63, 3.8) is 0 Å². The van der Waals surface area contributed by atoms with E-state index in [-0.39, 0.29) is 5.91 Å². The van der Waals surface area contributed by atoms with Crippen LogP contribution in [-0.2, 0) is 4.79 Å². The van der Waals surface area contributed by atoms with Crippen molar-refractivity contribution in [2.75, 3.05) is 6.54 Å². The minimum atomic E-state index is -0.610. The summed E-state index contributed by atoms with van der Waals surface area (Å²) in [5, 5.41) is 0. The zero-order valence-electron chi connectivity index (χ0n) is 12.7. The molecule has 0 aromatic heterocycles. The fraction of sp³-hybridized carbons (Fsp3) is 0.706. The molecule has 104 valence electrons. The van der Waals surface area contributed by atoms with Crippen molar-refractivity contribution < 1.29 is 4.79 Å². The smallest absolute Gasteiger partial charge is 0.241 e. The maximum absolute atomic E-state index is 12.7. The fourth-order valence-corrected chi connectivity index (χ4v) is 2.65. The Kier molecular flexibility index (Phi) is 5.97. The minimum Gasteiger partial charge on any atom is -0.327 e.